The first-order valence-corrected chi connectivity index (χ1v) is 7.46. The van der Waals surface area contributed by atoms with Gasteiger partial charge in [-0.2, -0.15) is 5.10 Å². The van der Waals surface area contributed by atoms with Gasteiger partial charge in [0.2, 0.25) is 0 Å². The van der Waals surface area contributed by atoms with Crippen LogP contribution in [0.1, 0.15) is 48.0 Å². The van der Waals surface area contributed by atoms with Gasteiger partial charge in [-0.1, -0.05) is 13.0 Å². The molecule has 0 aliphatic carbocycles. The molecule has 3 nitrogen and oxygen atoms in total. The smallest absolute Gasteiger partial charge is 0.123 e. The van der Waals surface area contributed by atoms with Crippen LogP contribution < -0.4 is 5.32 Å². The van der Waals surface area contributed by atoms with Gasteiger partial charge in [0.15, 0.2) is 0 Å². The molecule has 1 aromatic heterocycles. The lowest BCUT2D eigenvalue weighted by Gasteiger charge is -2.13. The Morgan fingerprint density at radius 1 is 1.29 bits per heavy atom. The van der Waals surface area contributed by atoms with Gasteiger partial charge in [0.1, 0.15) is 5.82 Å². The summed E-state index contributed by atoms with van der Waals surface area (Å²) in [5.41, 5.74) is 5.55. The standard InChI is InChI=1S/C17H24FN3/c1-6-19-12(3)17-13(4)20-21(14(17)5)10-15-7-8-16(18)9-11(15)2/h7-9,12,19H,6,10H2,1-5H3. The lowest BCUT2D eigenvalue weighted by molar-refractivity contribution is 0.588. The van der Waals surface area contributed by atoms with E-state index >= 15 is 0 Å². The maximum atomic E-state index is 13.2. The van der Waals surface area contributed by atoms with Crippen LogP contribution in [0.25, 0.3) is 0 Å². The summed E-state index contributed by atoms with van der Waals surface area (Å²) in [4.78, 5) is 0. The Hall–Kier alpha value is -1.68. The van der Waals surface area contributed by atoms with E-state index in [1.165, 1.54) is 17.3 Å². The Morgan fingerprint density at radius 2 is 2.00 bits per heavy atom. The van der Waals surface area contributed by atoms with E-state index in [2.05, 4.69) is 31.2 Å². The summed E-state index contributed by atoms with van der Waals surface area (Å²) in [7, 11) is 0. The molecule has 1 atom stereocenters. The van der Waals surface area contributed by atoms with Crippen LogP contribution in [0.15, 0.2) is 18.2 Å². The maximum absolute atomic E-state index is 13.2. The second-order valence-corrected chi connectivity index (χ2v) is 5.59. The van der Waals surface area contributed by atoms with E-state index in [0.29, 0.717) is 6.54 Å². The molecule has 21 heavy (non-hydrogen) atoms. The molecular weight excluding hydrogens is 265 g/mol. The van der Waals surface area contributed by atoms with Crippen molar-refractivity contribution in [3.05, 3.63) is 52.1 Å². The van der Waals surface area contributed by atoms with Crippen molar-refractivity contribution in [3.63, 3.8) is 0 Å². The summed E-state index contributed by atoms with van der Waals surface area (Å²) < 4.78 is 15.2. The molecule has 0 aliphatic heterocycles. The van der Waals surface area contributed by atoms with Gasteiger partial charge in [-0.3, -0.25) is 4.68 Å². The Morgan fingerprint density at radius 3 is 2.62 bits per heavy atom. The molecule has 1 heterocycles. The Bertz CT molecular complexity index is 631. The van der Waals surface area contributed by atoms with Gasteiger partial charge in [0, 0.05) is 17.3 Å². The predicted molar refractivity (Wildman–Crippen MR) is 84.0 cm³/mol. The molecule has 0 saturated carbocycles. The van der Waals surface area contributed by atoms with Gasteiger partial charge in [-0.25, -0.2) is 4.39 Å². The van der Waals surface area contributed by atoms with Crippen molar-refractivity contribution in [3.8, 4) is 0 Å². The van der Waals surface area contributed by atoms with E-state index in [4.69, 9.17) is 0 Å². The average molecular weight is 289 g/mol. The van der Waals surface area contributed by atoms with Crippen LogP contribution in [-0.2, 0) is 6.54 Å². The third-order valence-electron chi connectivity index (χ3n) is 4.01. The summed E-state index contributed by atoms with van der Waals surface area (Å²) in [6.07, 6.45) is 0. The van der Waals surface area contributed by atoms with Gasteiger partial charge < -0.3 is 5.32 Å². The molecule has 0 saturated heterocycles. The Labute approximate surface area is 126 Å². The van der Waals surface area contributed by atoms with Crippen LogP contribution in [-0.4, -0.2) is 16.3 Å². The fourth-order valence-electron chi connectivity index (χ4n) is 2.90. The summed E-state index contributed by atoms with van der Waals surface area (Å²) in [6, 6.07) is 5.21. The third-order valence-corrected chi connectivity index (χ3v) is 4.01. The van der Waals surface area contributed by atoms with Crippen LogP contribution >= 0.6 is 0 Å². The summed E-state index contributed by atoms with van der Waals surface area (Å²) in [6.45, 7) is 12.0. The SMILES string of the molecule is CCNC(C)c1c(C)nn(Cc2ccc(F)cc2C)c1C. The minimum Gasteiger partial charge on any atom is -0.310 e. The number of nitrogens with zero attached hydrogens (tertiary/aromatic N) is 2. The molecule has 0 radical (unpaired) electrons. The highest BCUT2D eigenvalue weighted by atomic mass is 19.1. The number of hydrogen-bond acceptors (Lipinski definition) is 2. The molecule has 0 fully saturated rings. The zero-order chi connectivity index (χ0) is 15.6. The minimum atomic E-state index is -0.189. The topological polar surface area (TPSA) is 29.9 Å². The van der Waals surface area contributed by atoms with Crippen molar-refractivity contribution in [2.45, 2.75) is 47.2 Å². The number of rotatable bonds is 5. The van der Waals surface area contributed by atoms with Crippen LogP contribution in [0, 0.1) is 26.6 Å². The molecule has 4 heteroatoms. The maximum Gasteiger partial charge on any atom is 0.123 e. The van der Waals surface area contributed by atoms with Gasteiger partial charge in [-0.05, 0) is 57.5 Å². The van der Waals surface area contributed by atoms with Gasteiger partial charge in [0.25, 0.3) is 0 Å². The summed E-state index contributed by atoms with van der Waals surface area (Å²) in [5.74, 6) is -0.189. The molecule has 114 valence electrons. The normalized spacial score (nSPS) is 12.7. The molecule has 1 aromatic carbocycles. The lowest BCUT2D eigenvalue weighted by atomic mass is 10.1. The molecule has 0 bridgehead atoms. The number of nitrogens with one attached hydrogen (secondary N) is 1. The zero-order valence-corrected chi connectivity index (χ0v) is 13.5. The third kappa shape index (κ3) is 3.32. The monoisotopic (exact) mass is 289 g/mol. The number of aryl methyl sites for hydroxylation is 2. The Kier molecular flexibility index (Phi) is 4.78. The van der Waals surface area contributed by atoms with Crippen LogP contribution in [0.2, 0.25) is 0 Å². The van der Waals surface area contributed by atoms with E-state index in [1.54, 1.807) is 6.07 Å². The van der Waals surface area contributed by atoms with Crippen molar-refractivity contribution in [1.82, 2.24) is 15.1 Å². The lowest BCUT2D eigenvalue weighted by Crippen LogP contribution is -2.19. The molecule has 0 aliphatic rings. The van der Waals surface area contributed by atoms with Crippen LogP contribution in [0.4, 0.5) is 4.39 Å². The number of halogens is 1. The van der Waals surface area contributed by atoms with E-state index < -0.39 is 0 Å². The van der Waals surface area contributed by atoms with Crippen LogP contribution in [0.3, 0.4) is 0 Å². The molecule has 1 N–H and O–H groups in total. The zero-order valence-electron chi connectivity index (χ0n) is 13.5. The predicted octanol–water partition coefficient (Wildman–Crippen LogP) is 3.67. The van der Waals surface area contributed by atoms with E-state index in [-0.39, 0.29) is 11.9 Å². The van der Waals surface area contributed by atoms with E-state index in [1.807, 2.05) is 24.6 Å². The van der Waals surface area contributed by atoms with Crippen molar-refractivity contribution >= 4 is 0 Å². The fraction of sp³-hybridized carbons (Fsp3) is 0.471. The average Bonchev–Trinajstić information content (AvgIpc) is 2.68. The first-order valence-electron chi connectivity index (χ1n) is 7.46. The first-order chi connectivity index (χ1) is 9.93. The van der Waals surface area contributed by atoms with E-state index in [0.717, 1.165) is 23.4 Å². The van der Waals surface area contributed by atoms with Crippen molar-refractivity contribution < 1.29 is 4.39 Å². The van der Waals surface area contributed by atoms with Crippen molar-refractivity contribution in [2.75, 3.05) is 6.54 Å². The Balaban J connectivity index is 2.31. The molecule has 0 amide bonds. The molecule has 2 aromatic rings. The largest absolute Gasteiger partial charge is 0.310 e. The van der Waals surface area contributed by atoms with Gasteiger partial charge in [-0.15, -0.1) is 0 Å². The molecule has 0 spiro atoms. The van der Waals surface area contributed by atoms with Gasteiger partial charge in [0.05, 0.1) is 12.2 Å². The highest BCUT2D eigenvalue weighted by Crippen LogP contribution is 2.22. The van der Waals surface area contributed by atoms with Gasteiger partial charge >= 0.3 is 0 Å². The second kappa shape index (κ2) is 6.39. The van der Waals surface area contributed by atoms with Crippen molar-refractivity contribution in [2.24, 2.45) is 0 Å². The summed E-state index contributed by atoms with van der Waals surface area (Å²) >= 11 is 0. The minimum absolute atomic E-state index is 0.189. The van der Waals surface area contributed by atoms with Crippen LogP contribution in [0.5, 0.6) is 0 Å². The second-order valence-electron chi connectivity index (χ2n) is 5.59. The number of hydrogen-bond donors (Lipinski definition) is 1. The fourth-order valence-corrected chi connectivity index (χ4v) is 2.90. The molecule has 2 rings (SSSR count). The first kappa shape index (κ1) is 15.7. The molecular formula is C17H24FN3. The summed E-state index contributed by atoms with van der Waals surface area (Å²) in [5, 5.41) is 8.09. The highest BCUT2D eigenvalue weighted by molar-refractivity contribution is 5.31. The number of aromatic nitrogens is 2. The number of benzene rings is 1. The van der Waals surface area contributed by atoms with E-state index in [9.17, 15) is 4.39 Å². The van der Waals surface area contributed by atoms with Crippen molar-refractivity contribution in [1.29, 1.82) is 0 Å². The highest BCUT2D eigenvalue weighted by Gasteiger charge is 2.17. The quantitative estimate of drug-likeness (QED) is 0.910. The molecule has 1 unspecified atom stereocenters.